The van der Waals surface area contributed by atoms with Crippen LogP contribution in [0, 0.1) is 11.6 Å². The fraction of sp³-hybridized carbons (Fsp3) is 0.100. The Bertz CT molecular complexity index is 1170. The van der Waals surface area contributed by atoms with E-state index < -0.39 is 11.6 Å². The first kappa shape index (κ1) is 18.1. The van der Waals surface area contributed by atoms with Crippen LogP contribution in [0.25, 0.3) is 22.2 Å². The minimum atomic E-state index is -0.945. The van der Waals surface area contributed by atoms with E-state index in [9.17, 15) is 13.6 Å². The second-order valence-electron chi connectivity index (χ2n) is 6.01. The summed E-state index contributed by atoms with van der Waals surface area (Å²) in [6.45, 7) is 0. The Kier molecular flexibility index (Phi) is 4.79. The Morgan fingerprint density at radius 2 is 2.07 bits per heavy atom. The standard InChI is InChI=1S/C20H14F2N2O3S/c1-26-13-3-4-14-12(9-27-18(14)8-13)7-19(25)24-20-23-17(10-28-20)11-2-5-15(21)16(22)6-11/h2-6,8-10H,7H2,1H3,(H,23,24,25). The molecule has 1 N–H and O–H groups in total. The maximum absolute atomic E-state index is 13.4. The van der Waals surface area contributed by atoms with E-state index in [4.69, 9.17) is 9.15 Å². The van der Waals surface area contributed by atoms with E-state index >= 15 is 0 Å². The van der Waals surface area contributed by atoms with Crippen LogP contribution >= 0.6 is 11.3 Å². The minimum Gasteiger partial charge on any atom is -0.497 e. The van der Waals surface area contributed by atoms with Crippen LogP contribution < -0.4 is 10.1 Å². The van der Waals surface area contributed by atoms with Gasteiger partial charge in [-0.2, -0.15) is 0 Å². The summed E-state index contributed by atoms with van der Waals surface area (Å²) in [6.07, 6.45) is 1.65. The van der Waals surface area contributed by atoms with Crippen molar-refractivity contribution in [1.29, 1.82) is 0 Å². The predicted octanol–water partition coefficient (Wildman–Crippen LogP) is 5.02. The Labute approximate surface area is 162 Å². The summed E-state index contributed by atoms with van der Waals surface area (Å²) in [5, 5.41) is 5.59. The first-order chi connectivity index (χ1) is 13.5. The third-order valence-electron chi connectivity index (χ3n) is 4.18. The van der Waals surface area contributed by atoms with Crippen molar-refractivity contribution in [2.75, 3.05) is 12.4 Å². The molecule has 8 heteroatoms. The number of methoxy groups -OCH3 is 1. The molecule has 0 aliphatic carbocycles. The number of furan rings is 1. The Morgan fingerprint density at radius 3 is 2.86 bits per heavy atom. The molecule has 0 unspecified atom stereocenters. The topological polar surface area (TPSA) is 64.4 Å². The van der Waals surface area contributed by atoms with Crippen LogP contribution in [0.2, 0.25) is 0 Å². The van der Waals surface area contributed by atoms with Gasteiger partial charge in [-0.25, -0.2) is 13.8 Å². The third-order valence-corrected chi connectivity index (χ3v) is 4.94. The lowest BCUT2D eigenvalue weighted by atomic mass is 10.1. The number of nitrogens with one attached hydrogen (secondary N) is 1. The molecule has 0 aliphatic heterocycles. The Balaban J connectivity index is 1.47. The molecule has 0 saturated carbocycles. The molecule has 0 bridgehead atoms. The number of benzene rings is 2. The molecule has 0 atom stereocenters. The van der Waals surface area contributed by atoms with Gasteiger partial charge in [0, 0.05) is 28.0 Å². The summed E-state index contributed by atoms with van der Waals surface area (Å²) in [6, 6.07) is 8.94. The van der Waals surface area contributed by atoms with Crippen molar-refractivity contribution < 1.29 is 22.7 Å². The van der Waals surface area contributed by atoms with Gasteiger partial charge in [0.15, 0.2) is 16.8 Å². The van der Waals surface area contributed by atoms with Crippen molar-refractivity contribution in [1.82, 2.24) is 4.98 Å². The molecule has 1 amide bonds. The zero-order valence-corrected chi connectivity index (χ0v) is 15.5. The number of carbonyl (C=O) groups excluding carboxylic acids is 1. The monoisotopic (exact) mass is 400 g/mol. The highest BCUT2D eigenvalue weighted by atomic mass is 32.1. The lowest BCUT2D eigenvalue weighted by molar-refractivity contribution is -0.115. The number of rotatable bonds is 5. The van der Waals surface area contributed by atoms with Gasteiger partial charge in [0.25, 0.3) is 0 Å². The van der Waals surface area contributed by atoms with Gasteiger partial charge < -0.3 is 14.5 Å². The van der Waals surface area contributed by atoms with Gasteiger partial charge in [-0.1, -0.05) is 0 Å². The van der Waals surface area contributed by atoms with Gasteiger partial charge in [-0.3, -0.25) is 4.79 Å². The molecule has 5 nitrogen and oxygen atoms in total. The number of ether oxygens (including phenoxy) is 1. The summed E-state index contributed by atoms with van der Waals surface area (Å²) < 4.78 is 37.1. The van der Waals surface area contributed by atoms with E-state index in [0.29, 0.717) is 27.7 Å². The molecule has 2 aromatic carbocycles. The number of thiazole rings is 1. The van der Waals surface area contributed by atoms with Crippen molar-refractivity contribution in [3.63, 3.8) is 0 Å². The lowest BCUT2D eigenvalue weighted by Gasteiger charge is -2.02. The fourth-order valence-corrected chi connectivity index (χ4v) is 3.52. The van der Waals surface area contributed by atoms with Crippen LogP contribution in [0.15, 0.2) is 52.5 Å². The molecule has 142 valence electrons. The summed E-state index contributed by atoms with van der Waals surface area (Å²) in [4.78, 5) is 16.6. The Hall–Kier alpha value is -3.26. The number of hydrogen-bond acceptors (Lipinski definition) is 5. The molecule has 0 radical (unpaired) electrons. The van der Waals surface area contributed by atoms with Crippen LogP contribution in [-0.4, -0.2) is 18.0 Å². The van der Waals surface area contributed by atoms with Crippen molar-refractivity contribution in [2.24, 2.45) is 0 Å². The molecule has 0 fully saturated rings. The molecule has 0 saturated heterocycles. The highest BCUT2D eigenvalue weighted by molar-refractivity contribution is 7.14. The maximum atomic E-state index is 13.4. The van der Waals surface area contributed by atoms with Gasteiger partial charge in [0.1, 0.15) is 11.3 Å². The molecular formula is C20H14F2N2O3S. The zero-order valence-electron chi connectivity index (χ0n) is 14.7. The van der Waals surface area contributed by atoms with E-state index in [1.165, 1.54) is 23.7 Å². The first-order valence-corrected chi connectivity index (χ1v) is 9.16. The molecule has 28 heavy (non-hydrogen) atoms. The van der Waals surface area contributed by atoms with Gasteiger partial charge in [0.05, 0.1) is 25.5 Å². The second-order valence-corrected chi connectivity index (χ2v) is 6.87. The number of amides is 1. The molecule has 4 rings (SSSR count). The van der Waals surface area contributed by atoms with Crippen LogP contribution in [0.1, 0.15) is 5.56 Å². The zero-order chi connectivity index (χ0) is 19.7. The summed E-state index contributed by atoms with van der Waals surface area (Å²) in [5.74, 6) is -1.45. The molecule has 0 aliphatic rings. The molecule has 2 aromatic heterocycles. The quantitative estimate of drug-likeness (QED) is 0.511. The minimum absolute atomic E-state index is 0.111. The van der Waals surface area contributed by atoms with Crippen LogP contribution in [0.5, 0.6) is 5.75 Å². The van der Waals surface area contributed by atoms with Crippen molar-refractivity contribution in [2.45, 2.75) is 6.42 Å². The molecule has 4 aromatic rings. The average Bonchev–Trinajstić information content (AvgIpc) is 3.31. The van der Waals surface area contributed by atoms with E-state index in [-0.39, 0.29) is 12.3 Å². The van der Waals surface area contributed by atoms with Crippen molar-refractivity contribution >= 4 is 33.3 Å². The van der Waals surface area contributed by atoms with Crippen LogP contribution in [0.3, 0.4) is 0 Å². The van der Waals surface area contributed by atoms with Gasteiger partial charge in [-0.15, -0.1) is 11.3 Å². The number of hydrogen-bond donors (Lipinski definition) is 1. The highest BCUT2D eigenvalue weighted by Gasteiger charge is 2.14. The maximum Gasteiger partial charge on any atom is 0.230 e. The first-order valence-electron chi connectivity index (χ1n) is 8.28. The normalized spacial score (nSPS) is 11.0. The summed E-state index contributed by atoms with van der Waals surface area (Å²) in [5.41, 5.74) is 2.27. The molecule has 0 spiro atoms. The Morgan fingerprint density at radius 1 is 1.21 bits per heavy atom. The van der Waals surface area contributed by atoms with Crippen LogP contribution in [0.4, 0.5) is 13.9 Å². The van der Waals surface area contributed by atoms with E-state index in [2.05, 4.69) is 10.3 Å². The lowest BCUT2D eigenvalue weighted by Crippen LogP contribution is -2.13. The second kappa shape index (κ2) is 7.40. The number of nitrogens with zero attached hydrogens (tertiary/aromatic N) is 1. The summed E-state index contributed by atoms with van der Waals surface area (Å²) in [7, 11) is 1.57. The van der Waals surface area contributed by atoms with Gasteiger partial charge in [-0.05, 0) is 30.3 Å². The predicted molar refractivity (Wildman–Crippen MR) is 103 cm³/mol. The molecule has 2 heterocycles. The summed E-state index contributed by atoms with van der Waals surface area (Å²) >= 11 is 1.20. The number of halogens is 2. The molecular weight excluding hydrogens is 386 g/mol. The fourth-order valence-electron chi connectivity index (χ4n) is 2.78. The largest absolute Gasteiger partial charge is 0.497 e. The smallest absolute Gasteiger partial charge is 0.230 e. The number of anilines is 1. The van der Waals surface area contributed by atoms with Crippen molar-refractivity contribution in [3.05, 3.63) is 65.2 Å². The van der Waals surface area contributed by atoms with E-state index in [0.717, 1.165) is 23.1 Å². The highest BCUT2D eigenvalue weighted by Crippen LogP contribution is 2.28. The van der Waals surface area contributed by atoms with E-state index in [1.54, 1.807) is 24.6 Å². The SMILES string of the molecule is COc1ccc2c(CC(=O)Nc3nc(-c4ccc(F)c(F)c4)cs3)coc2c1. The average molecular weight is 400 g/mol. The van der Waals surface area contributed by atoms with Crippen LogP contribution in [-0.2, 0) is 11.2 Å². The van der Waals surface area contributed by atoms with E-state index in [1.807, 2.05) is 6.07 Å². The number of fused-ring (bicyclic) bond motifs is 1. The van der Waals surface area contributed by atoms with Gasteiger partial charge in [0.2, 0.25) is 5.91 Å². The number of aromatic nitrogens is 1. The van der Waals surface area contributed by atoms with Crippen molar-refractivity contribution in [3.8, 4) is 17.0 Å². The van der Waals surface area contributed by atoms with Gasteiger partial charge >= 0.3 is 0 Å². The number of carbonyl (C=O) groups is 1. The third kappa shape index (κ3) is 3.59.